The van der Waals surface area contributed by atoms with Gasteiger partial charge in [-0.15, -0.1) is 0 Å². The van der Waals surface area contributed by atoms with Crippen molar-refractivity contribution in [1.82, 2.24) is 0 Å². The predicted octanol–water partition coefficient (Wildman–Crippen LogP) is 1.95. The molecule has 0 aromatic carbocycles. The van der Waals surface area contributed by atoms with Gasteiger partial charge < -0.3 is 64.9 Å². The van der Waals surface area contributed by atoms with Crippen LogP contribution in [0, 0.1) is 50.2 Å². The molecule has 0 bridgehead atoms. The number of hydrogen-bond donors (Lipinski definition) is 9. The summed E-state index contributed by atoms with van der Waals surface area (Å²) in [5, 5.41) is 95.2. The van der Waals surface area contributed by atoms with Crippen molar-refractivity contribution in [2.45, 2.75) is 173 Å². The molecular weight excluding hydrogens is 744 g/mol. The van der Waals surface area contributed by atoms with Crippen molar-refractivity contribution in [2.75, 3.05) is 13.2 Å². The summed E-state index contributed by atoms with van der Waals surface area (Å²) in [6, 6.07) is 0. The van der Waals surface area contributed by atoms with E-state index >= 15 is 0 Å². The van der Waals surface area contributed by atoms with E-state index in [4.69, 9.17) is 18.9 Å². The minimum atomic E-state index is -1.99. The maximum atomic E-state index is 13.1. The fraction of sp³-hybridized carbons (Fsp3) is 0.905. The number of aliphatic hydroxyl groups is 7. The summed E-state index contributed by atoms with van der Waals surface area (Å²) < 4.78 is 23.8. The number of ether oxygens (including phenoxy) is 4. The number of aliphatic hydroxyl groups excluding tert-OH is 7. The number of aliphatic carboxylic acids is 2. The van der Waals surface area contributed by atoms with Crippen molar-refractivity contribution in [3.05, 3.63) is 11.6 Å². The first kappa shape index (κ1) is 43.3. The van der Waals surface area contributed by atoms with Crippen molar-refractivity contribution in [3.8, 4) is 0 Å². The molecule has 7 aliphatic rings. The van der Waals surface area contributed by atoms with Crippen LogP contribution >= 0.6 is 0 Å². The van der Waals surface area contributed by atoms with Crippen LogP contribution in [0.4, 0.5) is 0 Å². The molecular formula is C42H66O15. The van der Waals surface area contributed by atoms with Crippen LogP contribution in [0.5, 0.6) is 0 Å². The van der Waals surface area contributed by atoms with E-state index in [0.717, 1.165) is 38.5 Å². The van der Waals surface area contributed by atoms with Crippen molar-refractivity contribution in [2.24, 2.45) is 50.2 Å². The third kappa shape index (κ3) is 6.39. The number of carboxylic acids is 2. The van der Waals surface area contributed by atoms with Gasteiger partial charge in [-0.3, -0.25) is 4.79 Å². The molecule has 15 heteroatoms. The van der Waals surface area contributed by atoms with Crippen LogP contribution in [0.1, 0.15) is 106 Å². The average Bonchev–Trinajstić information content (AvgIpc) is 3.15. The Morgan fingerprint density at radius 1 is 0.754 bits per heavy atom. The maximum absolute atomic E-state index is 13.1. The Morgan fingerprint density at radius 2 is 1.44 bits per heavy atom. The van der Waals surface area contributed by atoms with Crippen LogP contribution in [0.2, 0.25) is 0 Å². The smallest absolute Gasteiger partial charge is 0.335 e. The zero-order valence-corrected chi connectivity index (χ0v) is 34.1. The summed E-state index contributed by atoms with van der Waals surface area (Å²) in [5.41, 5.74) is -0.909. The molecule has 9 N–H and O–H groups in total. The fourth-order valence-corrected chi connectivity index (χ4v) is 13.6. The molecule has 4 saturated carbocycles. The molecule has 0 radical (unpaired) electrons. The molecule has 0 aromatic heterocycles. The van der Waals surface area contributed by atoms with Gasteiger partial charge in [-0.05, 0) is 104 Å². The van der Waals surface area contributed by atoms with Gasteiger partial charge in [0, 0.05) is 5.41 Å². The third-order valence-electron chi connectivity index (χ3n) is 17.4. The molecule has 6 fully saturated rings. The second kappa shape index (κ2) is 14.7. The molecule has 57 heavy (non-hydrogen) atoms. The van der Waals surface area contributed by atoms with E-state index in [0.29, 0.717) is 25.7 Å². The quantitative estimate of drug-likeness (QED) is 0.126. The predicted molar refractivity (Wildman–Crippen MR) is 200 cm³/mol. The second-order valence-electron chi connectivity index (χ2n) is 20.5. The summed E-state index contributed by atoms with van der Waals surface area (Å²) in [6.45, 7) is 12.5. The van der Waals surface area contributed by atoms with Crippen molar-refractivity contribution in [1.29, 1.82) is 0 Å². The zero-order valence-electron chi connectivity index (χ0n) is 34.1. The second-order valence-corrected chi connectivity index (χ2v) is 20.5. The van der Waals surface area contributed by atoms with Gasteiger partial charge in [-0.1, -0.05) is 53.2 Å². The number of fused-ring (bicyclic) bond motifs is 7. The highest BCUT2D eigenvalue weighted by Gasteiger charge is 2.70. The topological polar surface area (TPSA) is 253 Å². The maximum Gasteiger partial charge on any atom is 0.335 e. The van der Waals surface area contributed by atoms with Gasteiger partial charge in [0.2, 0.25) is 0 Å². The molecule has 7 rings (SSSR count). The highest BCUT2D eigenvalue weighted by atomic mass is 16.8. The number of carbonyl (C=O) groups is 2. The summed E-state index contributed by atoms with van der Waals surface area (Å²) in [7, 11) is 0. The summed E-state index contributed by atoms with van der Waals surface area (Å²) in [4.78, 5) is 25.3. The van der Waals surface area contributed by atoms with Crippen LogP contribution in [0.3, 0.4) is 0 Å². The Balaban J connectivity index is 1.18. The number of rotatable bonds is 8. The molecule has 0 aromatic rings. The Bertz CT molecular complexity index is 1590. The SMILES string of the molecule is CC1(C)CC[C@]2(C(=O)O)CC[C@]3(C)C(=CC[C@@H]4[C@@]5(C)CC[C@H](O[C@@H]6O[C@H](C(=O)O)[C@@H](O)[C@H](O)[C@H]6O[C@@H]6O[C@H](CO)[C@@H](O)[C@H](O)[C@H]6O)[C@](C)(CO)C5CC[C@]43C)[C@@H]2C1. The van der Waals surface area contributed by atoms with E-state index < -0.39 is 96.9 Å². The lowest BCUT2D eigenvalue weighted by atomic mass is 9.33. The monoisotopic (exact) mass is 810 g/mol. The molecule has 5 aliphatic carbocycles. The van der Waals surface area contributed by atoms with Crippen LogP contribution in [-0.2, 0) is 28.5 Å². The van der Waals surface area contributed by atoms with Crippen LogP contribution < -0.4 is 0 Å². The first-order chi connectivity index (χ1) is 26.5. The molecule has 2 aliphatic heterocycles. The van der Waals surface area contributed by atoms with E-state index in [1.54, 1.807) is 0 Å². The van der Waals surface area contributed by atoms with E-state index in [1.165, 1.54) is 5.57 Å². The van der Waals surface area contributed by atoms with Gasteiger partial charge in [-0.2, -0.15) is 0 Å². The van der Waals surface area contributed by atoms with Gasteiger partial charge in [-0.25, -0.2) is 4.79 Å². The van der Waals surface area contributed by atoms with Crippen LogP contribution in [0.15, 0.2) is 11.6 Å². The van der Waals surface area contributed by atoms with Crippen molar-refractivity contribution >= 4 is 11.9 Å². The summed E-state index contributed by atoms with van der Waals surface area (Å²) in [6.07, 6.45) is -8.58. The highest BCUT2D eigenvalue weighted by Crippen LogP contribution is 2.76. The molecule has 1 unspecified atom stereocenters. The Kier molecular flexibility index (Phi) is 11.2. The van der Waals surface area contributed by atoms with Gasteiger partial charge in [0.1, 0.15) is 42.7 Å². The van der Waals surface area contributed by atoms with E-state index in [1.807, 2.05) is 6.92 Å². The molecule has 0 spiro atoms. The van der Waals surface area contributed by atoms with Gasteiger partial charge in [0.05, 0.1) is 24.7 Å². The first-order valence-corrected chi connectivity index (χ1v) is 21.0. The minimum Gasteiger partial charge on any atom is -0.481 e. The van der Waals surface area contributed by atoms with Gasteiger partial charge in [0.15, 0.2) is 18.7 Å². The fourth-order valence-electron chi connectivity index (χ4n) is 13.6. The Labute approximate surface area is 334 Å². The van der Waals surface area contributed by atoms with E-state index in [9.17, 15) is 55.5 Å². The normalized spacial score (nSPS) is 53.3. The third-order valence-corrected chi connectivity index (χ3v) is 17.4. The lowest BCUT2D eigenvalue weighted by Gasteiger charge is -2.71. The lowest BCUT2D eigenvalue weighted by Crippen LogP contribution is -2.68. The van der Waals surface area contributed by atoms with Gasteiger partial charge >= 0.3 is 11.9 Å². The van der Waals surface area contributed by atoms with E-state index in [-0.39, 0.29) is 46.0 Å². The van der Waals surface area contributed by atoms with Gasteiger partial charge in [0.25, 0.3) is 0 Å². The van der Waals surface area contributed by atoms with Crippen molar-refractivity contribution in [3.63, 3.8) is 0 Å². The molecule has 15 nitrogen and oxygen atoms in total. The number of allylic oxidation sites excluding steroid dienone is 2. The molecule has 324 valence electrons. The Morgan fingerprint density at radius 3 is 2.07 bits per heavy atom. The average molecular weight is 811 g/mol. The standard InChI is InChI=1S/C42H66O15/c1-37(2)13-15-42(36(52)53)16-14-40(5)20(21(42)17-37)7-8-24-38(3)11-10-25(39(4,19-44)23(38)9-12-41(24,40)6)55-35-32(29(48)28(47)31(56-35)33(50)51)57-34-30(49)27(46)26(45)22(18-43)54-34/h7,21-32,34-35,43-49H,8-19H2,1-6H3,(H,50,51)(H,52,53)/t21-,22+,23?,24+,25-,26+,27-,28-,29-,30+,31-,32+,34-,35+,38-,39+,40+,41+,42-/m0/s1. The summed E-state index contributed by atoms with van der Waals surface area (Å²) in [5.74, 6) is -2.12. The molecule has 0 amide bonds. The van der Waals surface area contributed by atoms with Crippen LogP contribution in [0.25, 0.3) is 0 Å². The summed E-state index contributed by atoms with van der Waals surface area (Å²) >= 11 is 0. The van der Waals surface area contributed by atoms with E-state index in [2.05, 4.69) is 40.7 Å². The number of carboxylic acid groups (broad SMARTS) is 2. The minimum absolute atomic E-state index is 0.0233. The highest BCUT2D eigenvalue weighted by molar-refractivity contribution is 5.76. The number of hydrogen-bond acceptors (Lipinski definition) is 13. The zero-order chi connectivity index (χ0) is 41.8. The first-order valence-electron chi connectivity index (χ1n) is 21.0. The lowest BCUT2D eigenvalue weighted by molar-refractivity contribution is -0.375. The van der Waals surface area contributed by atoms with Crippen LogP contribution in [-0.4, -0.2) is 139 Å². The molecule has 19 atom stereocenters. The molecule has 2 saturated heterocycles. The largest absolute Gasteiger partial charge is 0.481 e. The van der Waals surface area contributed by atoms with Crippen molar-refractivity contribution < 1.29 is 74.5 Å². The molecule has 2 heterocycles. The Hall–Kier alpha value is -1.76.